The van der Waals surface area contributed by atoms with Gasteiger partial charge >= 0.3 is 6.03 Å². The van der Waals surface area contributed by atoms with Crippen LogP contribution in [-0.2, 0) is 22.6 Å². The van der Waals surface area contributed by atoms with E-state index in [0.29, 0.717) is 32.3 Å². The number of hydrogen-bond acceptors (Lipinski definition) is 4. The molecule has 1 saturated heterocycles. The van der Waals surface area contributed by atoms with Gasteiger partial charge in [-0.15, -0.1) is 0 Å². The molecule has 3 rings (SSSR count). The summed E-state index contributed by atoms with van der Waals surface area (Å²) in [5.41, 5.74) is 1.87. The molecule has 4 amide bonds. The van der Waals surface area contributed by atoms with Gasteiger partial charge in [0.25, 0.3) is 0 Å². The molecule has 2 aromatic rings. The molecular weight excluding hydrogens is 461 g/mol. The number of hydrazine groups is 1. The largest absolute Gasteiger partial charge is 0.337 e. The number of nitrogens with one attached hydrogen (secondary N) is 1. The summed E-state index contributed by atoms with van der Waals surface area (Å²) in [6.07, 6.45) is 1.93. The Morgan fingerprint density at radius 2 is 1.81 bits per heavy atom. The van der Waals surface area contributed by atoms with Gasteiger partial charge in [0.2, 0.25) is 12.3 Å². The summed E-state index contributed by atoms with van der Waals surface area (Å²) < 4.78 is 13.3. The Kier molecular flexibility index (Phi) is 9.81. The zero-order valence-electron chi connectivity index (χ0n) is 21.3. The van der Waals surface area contributed by atoms with Gasteiger partial charge in [-0.3, -0.25) is 9.59 Å². The van der Waals surface area contributed by atoms with E-state index in [4.69, 9.17) is 0 Å². The normalized spacial score (nSPS) is 17.9. The fourth-order valence-corrected chi connectivity index (χ4v) is 4.46. The van der Waals surface area contributed by atoms with Crippen molar-refractivity contribution in [3.63, 3.8) is 0 Å². The summed E-state index contributed by atoms with van der Waals surface area (Å²) in [4.78, 5) is 42.3. The van der Waals surface area contributed by atoms with Gasteiger partial charge in [-0.25, -0.2) is 19.2 Å². The molecule has 0 saturated carbocycles. The second kappa shape index (κ2) is 13.0. The summed E-state index contributed by atoms with van der Waals surface area (Å²) in [6, 6.07) is 14.8. The van der Waals surface area contributed by atoms with Gasteiger partial charge in [0.05, 0.1) is 6.54 Å². The fourth-order valence-electron chi connectivity index (χ4n) is 4.46. The zero-order chi connectivity index (χ0) is 26.1. The Hall–Kier alpha value is -3.46. The van der Waals surface area contributed by atoms with Gasteiger partial charge in [0.15, 0.2) is 0 Å². The fraction of sp³-hybridized carbons (Fsp3) is 0.444. The van der Waals surface area contributed by atoms with Crippen LogP contribution in [0.4, 0.5) is 9.18 Å². The number of piperazine rings is 1. The minimum absolute atomic E-state index is 0.0954. The zero-order valence-corrected chi connectivity index (χ0v) is 21.3. The number of carbonyl (C=O) groups is 3. The molecule has 2 aromatic carbocycles. The molecule has 0 radical (unpaired) electrons. The van der Waals surface area contributed by atoms with Crippen molar-refractivity contribution in [1.29, 1.82) is 0 Å². The number of hydrogen-bond donors (Lipinski definition) is 1. The lowest BCUT2D eigenvalue weighted by Crippen LogP contribution is -2.70. The third kappa shape index (κ3) is 6.60. The molecule has 36 heavy (non-hydrogen) atoms. The molecule has 194 valence electrons. The molecule has 1 aliphatic heterocycles. The quantitative estimate of drug-likeness (QED) is 0.382. The van der Waals surface area contributed by atoms with E-state index in [-0.39, 0.29) is 24.8 Å². The summed E-state index contributed by atoms with van der Waals surface area (Å²) in [7, 11) is 1.78. The highest BCUT2D eigenvalue weighted by molar-refractivity contribution is 5.85. The Bertz CT molecular complexity index is 1000. The van der Waals surface area contributed by atoms with Crippen molar-refractivity contribution in [2.45, 2.75) is 51.9 Å². The van der Waals surface area contributed by atoms with E-state index in [9.17, 15) is 18.8 Å². The van der Waals surface area contributed by atoms with E-state index in [0.717, 1.165) is 17.5 Å². The Morgan fingerprint density at radius 1 is 1.11 bits per heavy atom. The van der Waals surface area contributed by atoms with E-state index < -0.39 is 18.2 Å². The van der Waals surface area contributed by atoms with Crippen LogP contribution < -0.4 is 5.32 Å². The van der Waals surface area contributed by atoms with Gasteiger partial charge in [0, 0.05) is 26.7 Å². The predicted molar refractivity (Wildman–Crippen MR) is 136 cm³/mol. The number of urea groups is 1. The van der Waals surface area contributed by atoms with Gasteiger partial charge in [-0.1, -0.05) is 62.7 Å². The first-order valence-corrected chi connectivity index (χ1v) is 12.5. The van der Waals surface area contributed by atoms with Gasteiger partial charge < -0.3 is 15.1 Å². The summed E-state index contributed by atoms with van der Waals surface area (Å²) in [6.45, 7) is 5.31. The van der Waals surface area contributed by atoms with Crippen LogP contribution in [0.1, 0.15) is 37.8 Å². The first kappa shape index (κ1) is 27.1. The molecule has 1 N–H and O–H groups in total. The molecule has 0 aliphatic carbocycles. The minimum Gasteiger partial charge on any atom is -0.337 e. The van der Waals surface area contributed by atoms with E-state index >= 15 is 0 Å². The lowest BCUT2D eigenvalue weighted by atomic mass is 10.0. The van der Waals surface area contributed by atoms with Gasteiger partial charge in [0.1, 0.15) is 18.0 Å². The predicted octanol–water partition coefficient (Wildman–Crippen LogP) is 3.24. The number of amides is 4. The molecule has 0 aromatic heterocycles. The SMILES string of the molecule is CCC[C@H]1C(=O)N(CCc2ccccc2)CC(N(C(=O)NCc2ccc(F)cc2)N(C)CC)N1C=O. The average Bonchev–Trinajstić information content (AvgIpc) is 2.90. The second-order valence-corrected chi connectivity index (χ2v) is 8.96. The first-order valence-electron chi connectivity index (χ1n) is 12.5. The van der Waals surface area contributed by atoms with Crippen molar-refractivity contribution < 1.29 is 18.8 Å². The lowest BCUT2D eigenvalue weighted by molar-refractivity contribution is -0.164. The Labute approximate surface area is 212 Å². The van der Waals surface area contributed by atoms with Crippen molar-refractivity contribution >= 4 is 18.3 Å². The molecular formula is C27H36FN5O3. The Balaban J connectivity index is 1.84. The summed E-state index contributed by atoms with van der Waals surface area (Å²) in [5.74, 6) is -0.439. The van der Waals surface area contributed by atoms with E-state index in [2.05, 4.69) is 5.32 Å². The molecule has 9 heteroatoms. The highest BCUT2D eigenvalue weighted by Crippen LogP contribution is 2.23. The second-order valence-electron chi connectivity index (χ2n) is 8.96. The first-order chi connectivity index (χ1) is 17.4. The maximum Gasteiger partial charge on any atom is 0.334 e. The number of benzene rings is 2. The van der Waals surface area contributed by atoms with Crippen molar-refractivity contribution in [2.24, 2.45) is 0 Å². The minimum atomic E-state index is -0.661. The van der Waals surface area contributed by atoms with E-state index in [1.54, 1.807) is 29.1 Å². The van der Waals surface area contributed by atoms with Crippen LogP contribution in [0.25, 0.3) is 0 Å². The number of nitrogens with zero attached hydrogens (tertiary/aromatic N) is 4. The third-order valence-corrected chi connectivity index (χ3v) is 6.55. The van der Waals surface area contributed by atoms with E-state index in [1.807, 2.05) is 44.2 Å². The highest BCUT2D eigenvalue weighted by atomic mass is 19.1. The van der Waals surface area contributed by atoms with Crippen molar-refractivity contribution in [2.75, 3.05) is 26.7 Å². The average molecular weight is 498 g/mol. The molecule has 0 spiro atoms. The number of halogens is 1. The molecule has 1 fully saturated rings. The Morgan fingerprint density at radius 3 is 2.42 bits per heavy atom. The monoisotopic (exact) mass is 497 g/mol. The van der Waals surface area contributed by atoms with Crippen LogP contribution in [0.3, 0.4) is 0 Å². The molecule has 2 atom stereocenters. The molecule has 8 nitrogen and oxygen atoms in total. The molecule has 1 aliphatic rings. The maximum absolute atomic E-state index is 13.4. The van der Waals surface area contributed by atoms with Gasteiger partial charge in [-0.2, -0.15) is 0 Å². The van der Waals surface area contributed by atoms with Crippen LogP contribution in [-0.4, -0.2) is 77.1 Å². The van der Waals surface area contributed by atoms with Crippen molar-refractivity contribution in [3.05, 3.63) is 71.5 Å². The lowest BCUT2D eigenvalue weighted by Gasteiger charge is -2.50. The van der Waals surface area contributed by atoms with Crippen LogP contribution in [0.2, 0.25) is 0 Å². The van der Waals surface area contributed by atoms with Gasteiger partial charge in [-0.05, 0) is 36.1 Å². The summed E-state index contributed by atoms with van der Waals surface area (Å²) in [5, 5.41) is 6.15. The number of rotatable bonds is 11. The van der Waals surface area contributed by atoms with Crippen molar-refractivity contribution in [3.8, 4) is 0 Å². The summed E-state index contributed by atoms with van der Waals surface area (Å²) >= 11 is 0. The standard InChI is InChI=1S/C27H36FN5O3/c1-4-9-24-26(35)31(17-16-21-10-7-6-8-11-21)19-25(32(24)20-34)33(30(3)5-2)27(36)29-18-22-12-14-23(28)15-13-22/h6-8,10-15,20,24-25H,4-5,9,16-19H2,1-3H3,(H,29,36)/t24-,25?/m0/s1. The topological polar surface area (TPSA) is 76.2 Å². The molecule has 1 heterocycles. The smallest absolute Gasteiger partial charge is 0.334 e. The van der Waals surface area contributed by atoms with Crippen LogP contribution in [0, 0.1) is 5.82 Å². The highest BCUT2D eigenvalue weighted by Gasteiger charge is 2.44. The van der Waals surface area contributed by atoms with Crippen LogP contribution >= 0.6 is 0 Å². The number of carbonyl (C=O) groups excluding carboxylic acids is 3. The van der Waals surface area contributed by atoms with Crippen LogP contribution in [0.5, 0.6) is 0 Å². The van der Waals surface area contributed by atoms with Crippen molar-refractivity contribution in [1.82, 2.24) is 25.1 Å². The van der Waals surface area contributed by atoms with E-state index in [1.165, 1.54) is 22.0 Å². The molecule has 1 unspecified atom stereocenters. The van der Waals surface area contributed by atoms with Crippen LogP contribution in [0.15, 0.2) is 54.6 Å². The third-order valence-electron chi connectivity index (χ3n) is 6.55. The maximum atomic E-state index is 13.4. The molecule has 0 bridgehead atoms.